The molecule has 0 bridgehead atoms. The molecule has 0 saturated carbocycles. The quantitative estimate of drug-likeness (QED) is 0.733. The van der Waals surface area contributed by atoms with Gasteiger partial charge in [-0.25, -0.2) is 0 Å². The summed E-state index contributed by atoms with van der Waals surface area (Å²) in [5, 5.41) is 4.31. The molecule has 0 unspecified atom stereocenters. The summed E-state index contributed by atoms with van der Waals surface area (Å²) in [6.07, 6.45) is 1.97. The van der Waals surface area contributed by atoms with Crippen molar-refractivity contribution in [2.45, 2.75) is 26.9 Å². The third-order valence-corrected chi connectivity index (χ3v) is 2.55. The molecule has 0 aromatic carbocycles. The first-order valence-electron chi connectivity index (χ1n) is 4.91. The molecule has 1 aromatic rings. The molecule has 84 valence electrons. The van der Waals surface area contributed by atoms with E-state index >= 15 is 0 Å². The Labute approximate surface area is 94.8 Å². The second-order valence-corrected chi connectivity index (χ2v) is 3.75. The van der Waals surface area contributed by atoms with E-state index in [2.05, 4.69) is 5.10 Å². The van der Waals surface area contributed by atoms with E-state index in [1.807, 2.05) is 24.7 Å². The fourth-order valence-corrected chi connectivity index (χ4v) is 1.53. The molecule has 0 saturated heterocycles. The largest absolute Gasteiger partial charge is 0.340 e. The molecule has 0 radical (unpaired) electrons. The first-order valence-corrected chi connectivity index (χ1v) is 5.44. The molecule has 1 aromatic heterocycles. The lowest BCUT2D eigenvalue weighted by Gasteiger charge is -2.14. The molecule has 0 spiro atoms. The van der Waals surface area contributed by atoms with Crippen molar-refractivity contribution in [2.24, 2.45) is 0 Å². The zero-order valence-electron chi connectivity index (χ0n) is 9.33. The zero-order valence-corrected chi connectivity index (χ0v) is 10.1. The Morgan fingerprint density at radius 2 is 2.33 bits per heavy atom. The van der Waals surface area contributed by atoms with Gasteiger partial charge >= 0.3 is 0 Å². The number of nitrogens with zero attached hydrogens (tertiary/aromatic N) is 3. The van der Waals surface area contributed by atoms with Crippen molar-refractivity contribution in [1.82, 2.24) is 14.7 Å². The predicted octanol–water partition coefficient (Wildman–Crippen LogP) is 1.41. The van der Waals surface area contributed by atoms with E-state index < -0.39 is 0 Å². The number of alkyl halides is 1. The molecule has 0 fully saturated rings. The summed E-state index contributed by atoms with van der Waals surface area (Å²) in [4.78, 5) is 12.9. The fraction of sp³-hybridized carbons (Fsp3) is 0.600. The van der Waals surface area contributed by atoms with Gasteiger partial charge in [-0.1, -0.05) is 0 Å². The topological polar surface area (TPSA) is 38.1 Å². The molecule has 15 heavy (non-hydrogen) atoms. The summed E-state index contributed by atoms with van der Waals surface area (Å²) in [7, 11) is 1.74. The molecule has 5 heteroatoms. The average Bonchev–Trinajstić information content (AvgIpc) is 2.58. The van der Waals surface area contributed by atoms with Gasteiger partial charge in [-0.05, 0) is 13.8 Å². The van der Waals surface area contributed by atoms with Crippen molar-refractivity contribution >= 4 is 17.5 Å². The number of hydrogen-bond donors (Lipinski definition) is 0. The van der Waals surface area contributed by atoms with Gasteiger partial charge in [0.25, 0.3) is 0 Å². The highest BCUT2D eigenvalue weighted by Gasteiger charge is 2.11. The van der Waals surface area contributed by atoms with E-state index in [1.54, 1.807) is 11.9 Å². The van der Waals surface area contributed by atoms with Crippen LogP contribution in [0.1, 0.15) is 18.2 Å². The van der Waals surface area contributed by atoms with Crippen LogP contribution < -0.4 is 0 Å². The van der Waals surface area contributed by atoms with Gasteiger partial charge in [-0.2, -0.15) is 5.10 Å². The molecular formula is C10H16ClN3O. The summed E-state index contributed by atoms with van der Waals surface area (Å²) < 4.78 is 1.86. The molecule has 0 aliphatic heterocycles. The maximum atomic E-state index is 11.3. The molecule has 1 heterocycles. The summed E-state index contributed by atoms with van der Waals surface area (Å²) in [5.74, 6) is -0.0439. The first kappa shape index (κ1) is 12.0. The number of amides is 1. The Morgan fingerprint density at radius 3 is 2.80 bits per heavy atom. The van der Waals surface area contributed by atoms with Gasteiger partial charge in [0.1, 0.15) is 5.88 Å². The van der Waals surface area contributed by atoms with Crippen LogP contribution in [0, 0.1) is 6.92 Å². The van der Waals surface area contributed by atoms with Crippen LogP contribution in [0.3, 0.4) is 0 Å². The molecule has 4 nitrogen and oxygen atoms in total. The van der Waals surface area contributed by atoms with Crippen molar-refractivity contribution in [3.05, 3.63) is 17.5 Å². The van der Waals surface area contributed by atoms with E-state index in [1.165, 1.54) is 0 Å². The SMILES string of the molecule is CCn1cc(CN(C)C(=O)CCl)c(C)n1. The summed E-state index contributed by atoms with van der Waals surface area (Å²) in [6.45, 7) is 5.38. The lowest BCUT2D eigenvalue weighted by Crippen LogP contribution is -2.27. The van der Waals surface area contributed by atoms with Crippen molar-refractivity contribution in [2.75, 3.05) is 12.9 Å². The van der Waals surface area contributed by atoms with Crippen molar-refractivity contribution < 1.29 is 4.79 Å². The highest BCUT2D eigenvalue weighted by atomic mass is 35.5. The molecule has 1 amide bonds. The van der Waals surface area contributed by atoms with Gasteiger partial charge in [0.15, 0.2) is 0 Å². The molecule has 0 N–H and O–H groups in total. The maximum absolute atomic E-state index is 11.3. The van der Waals surface area contributed by atoms with Crippen LogP contribution in [0.15, 0.2) is 6.20 Å². The van der Waals surface area contributed by atoms with Gasteiger partial charge in [0.05, 0.1) is 5.69 Å². The average molecular weight is 230 g/mol. The van der Waals surface area contributed by atoms with E-state index in [9.17, 15) is 4.79 Å². The first-order chi connectivity index (χ1) is 7.08. The fourth-order valence-electron chi connectivity index (χ4n) is 1.32. The van der Waals surface area contributed by atoms with E-state index in [0.29, 0.717) is 6.54 Å². The van der Waals surface area contributed by atoms with E-state index in [4.69, 9.17) is 11.6 Å². The minimum atomic E-state index is -0.0692. The van der Waals surface area contributed by atoms with Crippen LogP contribution in [0.2, 0.25) is 0 Å². The van der Waals surface area contributed by atoms with Crippen LogP contribution in [0.25, 0.3) is 0 Å². The van der Waals surface area contributed by atoms with E-state index in [-0.39, 0.29) is 11.8 Å². The number of carbonyl (C=O) groups excluding carboxylic acids is 1. The Morgan fingerprint density at radius 1 is 1.67 bits per heavy atom. The monoisotopic (exact) mass is 229 g/mol. The molecule has 0 aliphatic rings. The second-order valence-electron chi connectivity index (χ2n) is 3.48. The van der Waals surface area contributed by atoms with Gasteiger partial charge in [-0.15, -0.1) is 11.6 Å². The standard InChI is InChI=1S/C10H16ClN3O/c1-4-14-7-9(8(2)12-14)6-13(3)10(15)5-11/h7H,4-6H2,1-3H3. The van der Waals surface area contributed by atoms with Gasteiger partial charge in [0.2, 0.25) is 5.91 Å². The number of halogens is 1. The van der Waals surface area contributed by atoms with Crippen molar-refractivity contribution in [3.63, 3.8) is 0 Å². The number of rotatable bonds is 4. The van der Waals surface area contributed by atoms with Crippen LogP contribution in [0.5, 0.6) is 0 Å². The Bertz CT molecular complexity index is 348. The highest BCUT2D eigenvalue weighted by Crippen LogP contribution is 2.08. The molecule has 0 atom stereocenters. The number of aryl methyl sites for hydroxylation is 2. The lowest BCUT2D eigenvalue weighted by atomic mass is 10.2. The summed E-state index contributed by atoms with van der Waals surface area (Å²) >= 11 is 5.47. The van der Waals surface area contributed by atoms with Crippen LogP contribution in [0.4, 0.5) is 0 Å². The zero-order chi connectivity index (χ0) is 11.4. The lowest BCUT2D eigenvalue weighted by molar-refractivity contribution is -0.127. The third-order valence-electron chi connectivity index (χ3n) is 2.32. The molecule has 1 rings (SSSR count). The predicted molar refractivity (Wildman–Crippen MR) is 59.8 cm³/mol. The van der Waals surface area contributed by atoms with Crippen molar-refractivity contribution in [1.29, 1.82) is 0 Å². The van der Waals surface area contributed by atoms with Gasteiger partial charge in [-0.3, -0.25) is 9.48 Å². The maximum Gasteiger partial charge on any atom is 0.237 e. The smallest absolute Gasteiger partial charge is 0.237 e. The number of carbonyl (C=O) groups is 1. The number of hydrogen-bond acceptors (Lipinski definition) is 2. The van der Waals surface area contributed by atoms with Crippen LogP contribution >= 0.6 is 11.6 Å². The highest BCUT2D eigenvalue weighted by molar-refractivity contribution is 6.27. The Hall–Kier alpha value is -1.03. The van der Waals surface area contributed by atoms with E-state index in [0.717, 1.165) is 17.8 Å². The molecule has 0 aliphatic carbocycles. The summed E-state index contributed by atoms with van der Waals surface area (Å²) in [5.41, 5.74) is 2.03. The third kappa shape index (κ3) is 2.96. The second kappa shape index (κ2) is 5.16. The van der Waals surface area contributed by atoms with Crippen LogP contribution in [-0.2, 0) is 17.9 Å². The minimum absolute atomic E-state index is 0.0253. The van der Waals surface area contributed by atoms with Crippen LogP contribution in [-0.4, -0.2) is 33.5 Å². The normalized spacial score (nSPS) is 10.4. The number of aromatic nitrogens is 2. The minimum Gasteiger partial charge on any atom is -0.340 e. The Balaban J connectivity index is 2.71. The van der Waals surface area contributed by atoms with Gasteiger partial charge < -0.3 is 4.90 Å². The van der Waals surface area contributed by atoms with Crippen molar-refractivity contribution in [3.8, 4) is 0 Å². The molecular weight excluding hydrogens is 214 g/mol. The van der Waals surface area contributed by atoms with Gasteiger partial charge in [0, 0.05) is 31.9 Å². The Kier molecular flexibility index (Phi) is 4.15. The summed E-state index contributed by atoms with van der Waals surface area (Å²) in [6, 6.07) is 0.